The van der Waals surface area contributed by atoms with Crippen molar-refractivity contribution in [3.63, 3.8) is 0 Å². The molecule has 0 amide bonds. The van der Waals surface area contributed by atoms with E-state index in [2.05, 4.69) is 0 Å². The molecule has 0 saturated heterocycles. The van der Waals surface area contributed by atoms with Gasteiger partial charge in [-0.25, -0.2) is 4.79 Å². The molecule has 0 spiro atoms. The molecule has 0 heterocycles. The van der Waals surface area contributed by atoms with Crippen molar-refractivity contribution in [3.05, 3.63) is 95.6 Å². The Morgan fingerprint density at radius 1 is 0.724 bits per heavy atom. The number of benzene rings is 3. The summed E-state index contributed by atoms with van der Waals surface area (Å²) in [6.45, 7) is 2.31. The van der Waals surface area contributed by atoms with E-state index in [9.17, 15) is 9.59 Å². The Balaban J connectivity index is 1.79. The van der Waals surface area contributed by atoms with Gasteiger partial charge in [-0.3, -0.25) is 4.79 Å². The second-order valence-corrected chi connectivity index (χ2v) is 6.33. The van der Waals surface area contributed by atoms with Gasteiger partial charge in [-0.15, -0.1) is 0 Å². The number of rotatable bonds is 8. The predicted molar refractivity (Wildman–Crippen MR) is 109 cm³/mol. The third-order valence-electron chi connectivity index (χ3n) is 4.15. The lowest BCUT2D eigenvalue weighted by molar-refractivity contribution is -0.137. The number of carbonyl (C=O) groups is 2. The molecule has 3 aromatic carbocycles. The molecule has 5 nitrogen and oxygen atoms in total. The molecule has 3 rings (SSSR count). The summed E-state index contributed by atoms with van der Waals surface area (Å²) in [5.41, 5.74) is 2.22. The topological polar surface area (TPSA) is 61.8 Å². The summed E-state index contributed by atoms with van der Waals surface area (Å²) < 4.78 is 16.6. The van der Waals surface area contributed by atoms with E-state index in [0.717, 1.165) is 11.1 Å². The van der Waals surface area contributed by atoms with Crippen molar-refractivity contribution in [1.29, 1.82) is 0 Å². The average Bonchev–Trinajstić information content (AvgIpc) is 2.77. The minimum Gasteiger partial charge on any atom is -0.485 e. The minimum absolute atomic E-state index is 0.126. The van der Waals surface area contributed by atoms with E-state index >= 15 is 0 Å². The highest BCUT2D eigenvalue weighted by atomic mass is 16.6. The highest BCUT2D eigenvalue weighted by Crippen LogP contribution is 2.30. The Kier molecular flexibility index (Phi) is 7.00. The maximum Gasteiger partial charge on any atom is 0.345 e. The molecule has 5 heteroatoms. The van der Waals surface area contributed by atoms with Gasteiger partial charge < -0.3 is 14.2 Å². The van der Waals surface area contributed by atoms with Crippen LogP contribution in [0, 0.1) is 0 Å². The molecule has 0 atom stereocenters. The Morgan fingerprint density at radius 3 is 1.83 bits per heavy atom. The van der Waals surface area contributed by atoms with E-state index in [1.165, 1.54) is 6.07 Å². The van der Waals surface area contributed by atoms with Crippen molar-refractivity contribution < 1.29 is 23.8 Å². The van der Waals surface area contributed by atoms with Crippen molar-refractivity contribution in [2.24, 2.45) is 0 Å². The van der Waals surface area contributed by atoms with Crippen molar-refractivity contribution >= 4 is 11.9 Å². The highest BCUT2D eigenvalue weighted by Gasteiger charge is 2.16. The summed E-state index contributed by atoms with van der Waals surface area (Å²) in [6, 6.07) is 24.2. The molecule has 148 valence electrons. The Hall–Kier alpha value is -3.60. The van der Waals surface area contributed by atoms with Gasteiger partial charge in [-0.05, 0) is 29.3 Å². The number of carbonyl (C=O) groups excluding carboxylic acids is 2. The second kappa shape index (κ2) is 10.1. The zero-order chi connectivity index (χ0) is 20.5. The van der Waals surface area contributed by atoms with Crippen LogP contribution in [0.4, 0.5) is 0 Å². The fourth-order valence-corrected chi connectivity index (χ4v) is 2.57. The molecule has 0 radical (unpaired) electrons. The van der Waals surface area contributed by atoms with Crippen LogP contribution in [-0.2, 0) is 22.7 Å². The fraction of sp³-hybridized carbons (Fsp3) is 0.167. The lowest BCUT2D eigenvalue weighted by Crippen LogP contribution is -2.12. The van der Waals surface area contributed by atoms with Crippen LogP contribution in [-0.4, -0.2) is 11.9 Å². The third kappa shape index (κ3) is 5.94. The van der Waals surface area contributed by atoms with Crippen molar-refractivity contribution in [2.75, 3.05) is 0 Å². The van der Waals surface area contributed by atoms with Gasteiger partial charge in [0.15, 0.2) is 11.5 Å². The number of ether oxygens (including phenoxy) is 3. The zero-order valence-electron chi connectivity index (χ0n) is 16.2. The van der Waals surface area contributed by atoms with Crippen LogP contribution in [0.15, 0.2) is 78.9 Å². The first-order valence-electron chi connectivity index (χ1n) is 9.38. The average molecular weight is 390 g/mol. The molecular formula is C24H22O5. The molecular weight excluding hydrogens is 368 g/mol. The Bertz CT molecular complexity index is 952. The molecule has 0 unspecified atom stereocenters. The molecule has 0 aliphatic rings. The second-order valence-electron chi connectivity index (χ2n) is 6.33. The fourth-order valence-electron chi connectivity index (χ4n) is 2.57. The maximum atomic E-state index is 12.2. The maximum absolute atomic E-state index is 12.2. The summed E-state index contributed by atoms with van der Waals surface area (Å²) >= 11 is 0. The molecule has 0 saturated carbocycles. The van der Waals surface area contributed by atoms with E-state index in [1.807, 2.05) is 60.7 Å². The van der Waals surface area contributed by atoms with Crippen LogP contribution in [0.5, 0.6) is 11.5 Å². The molecule has 3 aromatic rings. The van der Waals surface area contributed by atoms with Gasteiger partial charge in [-0.2, -0.15) is 0 Å². The monoisotopic (exact) mass is 390 g/mol. The van der Waals surface area contributed by atoms with Crippen LogP contribution < -0.4 is 9.47 Å². The summed E-state index contributed by atoms with van der Waals surface area (Å²) in [5.74, 6) is -0.381. The van der Waals surface area contributed by atoms with Crippen LogP contribution >= 0.6 is 0 Å². The standard InChI is InChI=1S/C24H22O5/c1-2-23(25)29-24(26)20-13-14-21(27-16-18-9-5-3-6-10-18)22(15-20)28-17-19-11-7-4-8-12-19/h3-15H,2,16-17H2,1H3. The molecule has 0 aliphatic heterocycles. The van der Waals surface area contributed by atoms with Gasteiger partial charge in [0, 0.05) is 6.42 Å². The van der Waals surface area contributed by atoms with Crippen LogP contribution in [0.25, 0.3) is 0 Å². The molecule has 0 aliphatic carbocycles. The van der Waals surface area contributed by atoms with Gasteiger partial charge in [-0.1, -0.05) is 67.6 Å². The summed E-state index contributed by atoms with van der Waals surface area (Å²) in [4.78, 5) is 23.6. The number of hydrogen-bond donors (Lipinski definition) is 0. The number of hydrogen-bond acceptors (Lipinski definition) is 5. The van der Waals surface area contributed by atoms with Crippen LogP contribution in [0.3, 0.4) is 0 Å². The molecule has 29 heavy (non-hydrogen) atoms. The first-order valence-corrected chi connectivity index (χ1v) is 9.38. The first kappa shape index (κ1) is 20.1. The van der Waals surface area contributed by atoms with Gasteiger partial charge in [0.1, 0.15) is 13.2 Å². The van der Waals surface area contributed by atoms with Gasteiger partial charge in [0.05, 0.1) is 5.56 Å². The molecule has 0 N–H and O–H groups in total. The summed E-state index contributed by atoms with van der Waals surface area (Å²) in [5, 5.41) is 0. The highest BCUT2D eigenvalue weighted by molar-refractivity contribution is 5.97. The van der Waals surface area contributed by atoms with Crippen LogP contribution in [0.1, 0.15) is 34.8 Å². The minimum atomic E-state index is -0.712. The molecule has 0 aromatic heterocycles. The van der Waals surface area contributed by atoms with Gasteiger partial charge in [0.25, 0.3) is 0 Å². The van der Waals surface area contributed by atoms with Crippen molar-refractivity contribution in [3.8, 4) is 11.5 Å². The number of esters is 2. The van der Waals surface area contributed by atoms with E-state index in [-0.39, 0.29) is 12.0 Å². The molecule has 0 fully saturated rings. The van der Waals surface area contributed by atoms with Gasteiger partial charge >= 0.3 is 11.9 Å². The van der Waals surface area contributed by atoms with E-state index < -0.39 is 11.9 Å². The van der Waals surface area contributed by atoms with E-state index in [4.69, 9.17) is 14.2 Å². The predicted octanol–water partition coefficient (Wildman–Crippen LogP) is 4.94. The van der Waals surface area contributed by atoms with E-state index in [0.29, 0.717) is 24.7 Å². The third-order valence-corrected chi connectivity index (χ3v) is 4.15. The quantitative estimate of drug-likeness (QED) is 0.403. The van der Waals surface area contributed by atoms with E-state index in [1.54, 1.807) is 19.1 Å². The van der Waals surface area contributed by atoms with Gasteiger partial charge in [0.2, 0.25) is 0 Å². The Morgan fingerprint density at radius 2 is 1.28 bits per heavy atom. The lowest BCUT2D eigenvalue weighted by atomic mass is 10.2. The van der Waals surface area contributed by atoms with Crippen LogP contribution in [0.2, 0.25) is 0 Å². The normalized spacial score (nSPS) is 10.2. The SMILES string of the molecule is CCC(=O)OC(=O)c1ccc(OCc2ccccc2)c(OCc2ccccc2)c1. The summed E-state index contributed by atoms with van der Waals surface area (Å²) in [7, 11) is 0. The van der Waals surface area contributed by atoms with Crippen molar-refractivity contribution in [2.45, 2.75) is 26.6 Å². The Labute approximate surface area is 169 Å². The first-order chi connectivity index (χ1) is 14.2. The molecule has 0 bridgehead atoms. The largest absolute Gasteiger partial charge is 0.485 e. The van der Waals surface area contributed by atoms with Crippen molar-refractivity contribution in [1.82, 2.24) is 0 Å². The lowest BCUT2D eigenvalue weighted by Gasteiger charge is -2.14. The summed E-state index contributed by atoms with van der Waals surface area (Å²) in [6.07, 6.45) is 0.126. The smallest absolute Gasteiger partial charge is 0.345 e. The zero-order valence-corrected chi connectivity index (χ0v) is 16.2.